The Labute approximate surface area is 173 Å². The summed E-state index contributed by atoms with van der Waals surface area (Å²) in [6.07, 6.45) is 0. The molecule has 0 radical (unpaired) electrons. The first-order valence-electron chi connectivity index (χ1n) is 8.01. The van der Waals surface area contributed by atoms with Crippen molar-refractivity contribution in [3.63, 3.8) is 0 Å². The lowest BCUT2D eigenvalue weighted by Gasteiger charge is -2.10. The van der Waals surface area contributed by atoms with Crippen LogP contribution >= 0.6 is 39.0 Å². The van der Waals surface area contributed by atoms with Crippen LogP contribution in [0.15, 0.2) is 57.3 Å². The molecule has 3 aromatic rings. The van der Waals surface area contributed by atoms with Gasteiger partial charge in [0.15, 0.2) is 4.34 Å². The van der Waals surface area contributed by atoms with Gasteiger partial charge in [0.25, 0.3) is 0 Å². The van der Waals surface area contributed by atoms with Gasteiger partial charge in [0, 0.05) is 15.8 Å². The summed E-state index contributed by atoms with van der Waals surface area (Å²) in [6.45, 7) is 1.84. The van der Waals surface area contributed by atoms with E-state index in [1.165, 1.54) is 23.1 Å². The zero-order valence-corrected chi connectivity index (χ0v) is 17.8. The largest absolute Gasteiger partial charge is 0.497 e. The summed E-state index contributed by atoms with van der Waals surface area (Å²) >= 11 is 6.22. The topological polar surface area (TPSA) is 76.1 Å². The Morgan fingerprint density at radius 2 is 1.96 bits per heavy atom. The highest BCUT2D eigenvalue weighted by Crippen LogP contribution is 2.31. The second kappa shape index (κ2) is 9.20. The highest BCUT2D eigenvalue weighted by Gasteiger charge is 2.17. The van der Waals surface area contributed by atoms with E-state index in [-0.39, 0.29) is 11.2 Å². The number of methoxy groups -OCH3 is 1. The van der Waals surface area contributed by atoms with E-state index in [0.717, 1.165) is 25.9 Å². The molecule has 0 spiro atoms. The fraction of sp³-hybridized carbons (Fsp3) is 0.167. The number of anilines is 3. The van der Waals surface area contributed by atoms with Gasteiger partial charge in [0.1, 0.15) is 5.75 Å². The van der Waals surface area contributed by atoms with Crippen LogP contribution in [-0.4, -0.2) is 28.5 Å². The smallest absolute Gasteiger partial charge is 0.237 e. The van der Waals surface area contributed by atoms with E-state index in [0.29, 0.717) is 5.13 Å². The third-order valence-corrected chi connectivity index (χ3v) is 6.00. The average Bonchev–Trinajstić information content (AvgIpc) is 3.09. The number of thioether (sulfide) groups is 1. The summed E-state index contributed by atoms with van der Waals surface area (Å²) in [4.78, 5) is 12.4. The molecule has 1 aromatic heterocycles. The molecule has 0 saturated heterocycles. The second-order valence-corrected chi connectivity index (χ2v) is 8.97. The molecule has 6 nitrogen and oxygen atoms in total. The molecule has 0 saturated carbocycles. The summed E-state index contributed by atoms with van der Waals surface area (Å²) in [7, 11) is 1.61. The average molecular weight is 465 g/mol. The zero-order valence-electron chi connectivity index (χ0n) is 14.6. The lowest BCUT2D eigenvalue weighted by Crippen LogP contribution is -2.22. The van der Waals surface area contributed by atoms with Gasteiger partial charge < -0.3 is 15.4 Å². The third kappa shape index (κ3) is 5.69. The Morgan fingerprint density at radius 3 is 2.67 bits per heavy atom. The number of hydrogen-bond acceptors (Lipinski definition) is 7. The van der Waals surface area contributed by atoms with Gasteiger partial charge in [-0.15, -0.1) is 10.2 Å². The van der Waals surface area contributed by atoms with E-state index in [1.807, 2.05) is 31.2 Å². The lowest BCUT2D eigenvalue weighted by atomic mass is 10.3. The number of nitrogens with zero attached hydrogens (tertiary/aromatic N) is 2. The molecule has 1 amide bonds. The van der Waals surface area contributed by atoms with E-state index in [9.17, 15) is 4.79 Å². The van der Waals surface area contributed by atoms with Gasteiger partial charge in [-0.2, -0.15) is 0 Å². The maximum Gasteiger partial charge on any atom is 0.237 e. The van der Waals surface area contributed by atoms with E-state index in [4.69, 9.17) is 4.74 Å². The van der Waals surface area contributed by atoms with Gasteiger partial charge in [-0.25, -0.2) is 0 Å². The molecule has 1 heterocycles. The number of ether oxygens (including phenoxy) is 1. The molecule has 140 valence electrons. The molecule has 1 atom stereocenters. The molecule has 2 aromatic carbocycles. The summed E-state index contributed by atoms with van der Waals surface area (Å²) in [5, 5.41) is 14.7. The van der Waals surface area contributed by atoms with Crippen molar-refractivity contribution < 1.29 is 9.53 Å². The van der Waals surface area contributed by atoms with Crippen molar-refractivity contribution in [3.8, 4) is 5.75 Å². The third-order valence-electron chi connectivity index (χ3n) is 3.49. The maximum absolute atomic E-state index is 12.4. The van der Waals surface area contributed by atoms with E-state index >= 15 is 0 Å². The highest BCUT2D eigenvalue weighted by atomic mass is 79.9. The van der Waals surface area contributed by atoms with Crippen molar-refractivity contribution in [1.82, 2.24) is 10.2 Å². The number of hydrogen-bond donors (Lipinski definition) is 2. The van der Waals surface area contributed by atoms with Gasteiger partial charge in [-0.05, 0) is 49.4 Å². The minimum atomic E-state index is -0.307. The van der Waals surface area contributed by atoms with Gasteiger partial charge in [-0.3, -0.25) is 4.79 Å². The summed E-state index contributed by atoms with van der Waals surface area (Å²) in [5.41, 5.74) is 1.64. The number of rotatable bonds is 7. The minimum Gasteiger partial charge on any atom is -0.497 e. The van der Waals surface area contributed by atoms with E-state index < -0.39 is 0 Å². The van der Waals surface area contributed by atoms with Gasteiger partial charge in [0.2, 0.25) is 11.0 Å². The number of carbonyl (C=O) groups excluding carboxylic acids is 1. The molecule has 0 aliphatic rings. The van der Waals surface area contributed by atoms with Crippen molar-refractivity contribution in [2.45, 2.75) is 16.5 Å². The number of nitrogens with one attached hydrogen (secondary N) is 2. The first-order chi connectivity index (χ1) is 13.0. The van der Waals surface area contributed by atoms with Crippen molar-refractivity contribution in [2.75, 3.05) is 17.7 Å². The SMILES string of the molecule is COc1ccc(NC(=O)[C@@H](C)Sc2nnc(Nc3cccc(Br)c3)s2)cc1. The Balaban J connectivity index is 1.56. The molecule has 2 N–H and O–H groups in total. The number of benzene rings is 2. The van der Waals surface area contributed by atoms with Crippen molar-refractivity contribution in [2.24, 2.45) is 0 Å². The second-order valence-electron chi connectivity index (χ2n) is 5.49. The fourth-order valence-electron chi connectivity index (χ4n) is 2.12. The number of amides is 1. The number of aromatic nitrogens is 2. The lowest BCUT2D eigenvalue weighted by molar-refractivity contribution is -0.115. The van der Waals surface area contributed by atoms with Crippen LogP contribution in [0, 0.1) is 0 Å². The maximum atomic E-state index is 12.4. The van der Waals surface area contributed by atoms with Gasteiger partial charge in [-0.1, -0.05) is 45.1 Å². The monoisotopic (exact) mass is 464 g/mol. The fourth-order valence-corrected chi connectivity index (χ4v) is 4.44. The molecule has 9 heteroatoms. The normalized spacial score (nSPS) is 11.7. The number of carbonyl (C=O) groups is 1. The van der Waals surface area contributed by atoms with Crippen LogP contribution < -0.4 is 15.4 Å². The Kier molecular flexibility index (Phi) is 6.70. The van der Waals surface area contributed by atoms with Crippen LogP contribution in [0.3, 0.4) is 0 Å². The van der Waals surface area contributed by atoms with Crippen LogP contribution in [0.1, 0.15) is 6.92 Å². The highest BCUT2D eigenvalue weighted by molar-refractivity contribution is 9.10. The molecule has 0 aliphatic carbocycles. The number of halogens is 1. The van der Waals surface area contributed by atoms with E-state index in [2.05, 4.69) is 36.8 Å². The molecule has 0 unspecified atom stereocenters. The molecule has 3 rings (SSSR count). The molecule has 0 fully saturated rings. The predicted molar refractivity (Wildman–Crippen MR) is 114 cm³/mol. The standard InChI is InChI=1S/C18H17BrN4O2S2/c1-11(16(24)20-13-6-8-15(25-2)9-7-13)26-18-23-22-17(27-18)21-14-5-3-4-12(19)10-14/h3-11H,1-2H3,(H,20,24)(H,21,22)/t11-/m1/s1. The van der Waals surface area contributed by atoms with Crippen LogP contribution in [0.4, 0.5) is 16.5 Å². The van der Waals surface area contributed by atoms with Crippen LogP contribution in [-0.2, 0) is 4.79 Å². The van der Waals surface area contributed by atoms with E-state index in [1.54, 1.807) is 31.4 Å². The summed E-state index contributed by atoms with van der Waals surface area (Å²) < 4.78 is 6.82. The molecular formula is C18H17BrN4O2S2. The Morgan fingerprint density at radius 1 is 1.19 bits per heavy atom. The molecule has 0 aliphatic heterocycles. The quantitative estimate of drug-likeness (QED) is 0.469. The van der Waals surface area contributed by atoms with Gasteiger partial charge >= 0.3 is 0 Å². The van der Waals surface area contributed by atoms with Crippen LogP contribution in [0.5, 0.6) is 5.75 Å². The minimum absolute atomic E-state index is 0.0955. The van der Waals surface area contributed by atoms with Crippen LogP contribution in [0.2, 0.25) is 0 Å². The summed E-state index contributed by atoms with van der Waals surface area (Å²) in [6, 6.07) is 15.0. The molecule has 0 bridgehead atoms. The molecular weight excluding hydrogens is 448 g/mol. The van der Waals surface area contributed by atoms with Crippen molar-refractivity contribution >= 4 is 61.4 Å². The first kappa shape index (κ1) is 19.7. The predicted octanol–water partition coefficient (Wildman–Crippen LogP) is 5.17. The van der Waals surface area contributed by atoms with Crippen LogP contribution in [0.25, 0.3) is 0 Å². The Hall–Kier alpha value is -2.10. The van der Waals surface area contributed by atoms with Crippen molar-refractivity contribution in [3.05, 3.63) is 53.0 Å². The zero-order chi connectivity index (χ0) is 19.2. The Bertz CT molecular complexity index is 918. The first-order valence-corrected chi connectivity index (χ1v) is 10.5. The molecule has 27 heavy (non-hydrogen) atoms. The van der Waals surface area contributed by atoms with Crippen molar-refractivity contribution in [1.29, 1.82) is 0 Å². The van der Waals surface area contributed by atoms with Gasteiger partial charge in [0.05, 0.1) is 12.4 Å². The summed E-state index contributed by atoms with van der Waals surface area (Å²) in [5.74, 6) is 0.650.